The maximum Gasteiger partial charge on any atom is 0.352 e. The lowest BCUT2D eigenvalue weighted by molar-refractivity contribution is 0.0685. The highest BCUT2D eigenvalue weighted by atomic mass is 32.1. The Kier molecular flexibility index (Phi) is 3.24. The molecule has 0 aliphatic rings. The molecule has 2 aromatic heterocycles. The largest absolute Gasteiger partial charge is 0.477 e. The Bertz CT molecular complexity index is 551. The molecule has 2 heterocycles. The summed E-state index contributed by atoms with van der Waals surface area (Å²) in [7, 11) is 0. The SMILES string of the molecule is Cc1cc2c(cc(C(=O)O)n2CCC(C)C)s1. The Morgan fingerprint density at radius 3 is 2.76 bits per heavy atom. The van der Waals surface area contributed by atoms with E-state index in [-0.39, 0.29) is 0 Å². The number of carbonyl (C=O) groups is 1. The maximum absolute atomic E-state index is 11.2. The van der Waals surface area contributed by atoms with Gasteiger partial charge in [-0.1, -0.05) is 13.8 Å². The number of nitrogens with zero attached hydrogens (tertiary/aromatic N) is 1. The lowest BCUT2D eigenvalue weighted by atomic mass is 10.1. The zero-order valence-corrected chi connectivity index (χ0v) is 11.2. The van der Waals surface area contributed by atoms with E-state index < -0.39 is 5.97 Å². The van der Waals surface area contributed by atoms with Crippen LogP contribution < -0.4 is 0 Å². The Labute approximate surface area is 105 Å². The fourth-order valence-electron chi connectivity index (χ4n) is 1.97. The van der Waals surface area contributed by atoms with Gasteiger partial charge in [-0.3, -0.25) is 0 Å². The highest BCUT2D eigenvalue weighted by molar-refractivity contribution is 7.19. The topological polar surface area (TPSA) is 42.2 Å². The van der Waals surface area contributed by atoms with Gasteiger partial charge in [0, 0.05) is 11.4 Å². The summed E-state index contributed by atoms with van der Waals surface area (Å²) in [5, 5.41) is 9.20. The predicted octanol–water partition coefficient (Wildman–Crippen LogP) is 3.76. The van der Waals surface area contributed by atoms with Crippen LogP contribution in [0, 0.1) is 12.8 Å². The van der Waals surface area contributed by atoms with Gasteiger partial charge < -0.3 is 9.67 Å². The fraction of sp³-hybridized carbons (Fsp3) is 0.462. The van der Waals surface area contributed by atoms with E-state index in [1.807, 2.05) is 4.57 Å². The number of thiophene rings is 1. The van der Waals surface area contributed by atoms with E-state index >= 15 is 0 Å². The quantitative estimate of drug-likeness (QED) is 0.899. The molecule has 0 unspecified atom stereocenters. The molecule has 0 saturated carbocycles. The van der Waals surface area contributed by atoms with E-state index in [0.29, 0.717) is 11.6 Å². The second kappa shape index (κ2) is 4.53. The molecule has 17 heavy (non-hydrogen) atoms. The molecular formula is C13H17NO2S. The Hall–Kier alpha value is -1.29. The minimum Gasteiger partial charge on any atom is -0.477 e. The third-order valence-corrected chi connectivity index (χ3v) is 3.85. The molecular weight excluding hydrogens is 234 g/mol. The first-order chi connectivity index (χ1) is 7.99. The molecule has 2 aromatic rings. The highest BCUT2D eigenvalue weighted by Gasteiger charge is 2.16. The van der Waals surface area contributed by atoms with Gasteiger partial charge in [-0.15, -0.1) is 11.3 Å². The van der Waals surface area contributed by atoms with Crippen molar-refractivity contribution >= 4 is 27.5 Å². The van der Waals surface area contributed by atoms with E-state index in [0.717, 1.165) is 23.2 Å². The molecule has 0 amide bonds. The average Bonchev–Trinajstić information content (AvgIpc) is 2.70. The van der Waals surface area contributed by atoms with Crippen LogP contribution in [0.2, 0.25) is 0 Å². The second-order valence-electron chi connectivity index (χ2n) is 4.78. The number of aromatic nitrogens is 1. The number of aromatic carboxylic acids is 1. The summed E-state index contributed by atoms with van der Waals surface area (Å²) in [5.41, 5.74) is 1.47. The number of hydrogen-bond acceptors (Lipinski definition) is 2. The van der Waals surface area contributed by atoms with E-state index in [9.17, 15) is 9.90 Å². The molecule has 0 fully saturated rings. The third-order valence-electron chi connectivity index (χ3n) is 2.86. The van der Waals surface area contributed by atoms with Gasteiger partial charge in [0.25, 0.3) is 0 Å². The highest BCUT2D eigenvalue weighted by Crippen LogP contribution is 2.29. The molecule has 0 atom stereocenters. The molecule has 0 spiro atoms. The van der Waals surface area contributed by atoms with Crippen LogP contribution in [0.5, 0.6) is 0 Å². The Balaban J connectivity index is 2.46. The van der Waals surface area contributed by atoms with Gasteiger partial charge in [0.1, 0.15) is 5.69 Å². The van der Waals surface area contributed by atoms with E-state index in [1.165, 1.54) is 4.88 Å². The standard InChI is InChI=1S/C13H17NO2S/c1-8(2)4-5-14-10-6-9(3)17-12(10)7-11(14)13(15)16/h6-8H,4-5H2,1-3H3,(H,15,16). The zero-order chi connectivity index (χ0) is 12.6. The van der Waals surface area contributed by atoms with E-state index in [2.05, 4.69) is 26.8 Å². The van der Waals surface area contributed by atoms with Crippen LogP contribution in [-0.2, 0) is 6.54 Å². The number of rotatable bonds is 4. The maximum atomic E-state index is 11.2. The molecule has 4 heteroatoms. The normalized spacial score (nSPS) is 11.5. The minimum atomic E-state index is -0.838. The van der Waals surface area contributed by atoms with Crippen LogP contribution in [0.15, 0.2) is 12.1 Å². The van der Waals surface area contributed by atoms with Crippen molar-refractivity contribution in [2.45, 2.75) is 33.7 Å². The van der Waals surface area contributed by atoms with Crippen LogP contribution in [0.1, 0.15) is 35.6 Å². The molecule has 0 saturated heterocycles. The minimum absolute atomic E-state index is 0.409. The average molecular weight is 251 g/mol. The Morgan fingerprint density at radius 1 is 1.47 bits per heavy atom. The number of fused-ring (bicyclic) bond motifs is 1. The summed E-state index contributed by atoms with van der Waals surface area (Å²) in [6.07, 6.45) is 0.999. The lowest BCUT2D eigenvalue weighted by Gasteiger charge is -2.09. The molecule has 1 N–H and O–H groups in total. The number of carboxylic acids is 1. The summed E-state index contributed by atoms with van der Waals surface area (Å²) in [5.74, 6) is -0.261. The summed E-state index contributed by atoms with van der Waals surface area (Å²) in [4.78, 5) is 12.4. The summed E-state index contributed by atoms with van der Waals surface area (Å²) < 4.78 is 3.00. The van der Waals surface area contributed by atoms with E-state index in [1.54, 1.807) is 17.4 Å². The molecule has 0 aromatic carbocycles. The van der Waals surface area contributed by atoms with Crippen molar-refractivity contribution in [3.8, 4) is 0 Å². The van der Waals surface area contributed by atoms with E-state index in [4.69, 9.17) is 0 Å². The predicted molar refractivity (Wildman–Crippen MR) is 71.0 cm³/mol. The van der Waals surface area contributed by atoms with Gasteiger partial charge >= 0.3 is 5.97 Å². The van der Waals surface area contributed by atoms with Crippen molar-refractivity contribution in [2.75, 3.05) is 0 Å². The number of aryl methyl sites for hydroxylation is 2. The van der Waals surface area contributed by atoms with Gasteiger partial charge in [-0.25, -0.2) is 4.79 Å². The molecule has 0 aliphatic carbocycles. The van der Waals surface area contributed by atoms with Gasteiger partial charge in [-0.2, -0.15) is 0 Å². The van der Waals surface area contributed by atoms with Crippen LogP contribution in [0.25, 0.3) is 10.2 Å². The molecule has 0 aliphatic heterocycles. The summed E-state index contributed by atoms with van der Waals surface area (Å²) in [6, 6.07) is 3.86. The second-order valence-corrected chi connectivity index (χ2v) is 6.06. The first-order valence-corrected chi connectivity index (χ1v) is 6.63. The smallest absolute Gasteiger partial charge is 0.352 e. The molecule has 3 nitrogen and oxygen atoms in total. The van der Waals surface area contributed by atoms with Crippen molar-refractivity contribution < 1.29 is 9.90 Å². The monoisotopic (exact) mass is 251 g/mol. The van der Waals surface area contributed by atoms with Gasteiger partial charge in [0.15, 0.2) is 0 Å². The van der Waals surface area contributed by atoms with Crippen LogP contribution in [-0.4, -0.2) is 15.6 Å². The molecule has 2 rings (SSSR count). The van der Waals surface area contributed by atoms with Crippen molar-refractivity contribution in [1.29, 1.82) is 0 Å². The summed E-state index contributed by atoms with van der Waals surface area (Å²) >= 11 is 1.65. The first-order valence-electron chi connectivity index (χ1n) is 5.82. The zero-order valence-electron chi connectivity index (χ0n) is 10.4. The van der Waals surface area contributed by atoms with Crippen LogP contribution in [0.4, 0.5) is 0 Å². The number of carboxylic acid groups (broad SMARTS) is 1. The van der Waals surface area contributed by atoms with Crippen LogP contribution in [0.3, 0.4) is 0 Å². The molecule has 0 radical (unpaired) electrons. The third kappa shape index (κ3) is 2.36. The van der Waals surface area contributed by atoms with Crippen molar-refractivity contribution in [3.05, 3.63) is 22.7 Å². The van der Waals surface area contributed by atoms with Crippen molar-refractivity contribution in [3.63, 3.8) is 0 Å². The number of hydrogen-bond donors (Lipinski definition) is 1. The van der Waals surface area contributed by atoms with Crippen molar-refractivity contribution in [1.82, 2.24) is 4.57 Å². The Morgan fingerprint density at radius 2 is 2.18 bits per heavy atom. The lowest BCUT2D eigenvalue weighted by Crippen LogP contribution is -2.09. The van der Waals surface area contributed by atoms with Gasteiger partial charge in [0.2, 0.25) is 0 Å². The van der Waals surface area contributed by atoms with Crippen molar-refractivity contribution in [2.24, 2.45) is 5.92 Å². The first kappa shape index (κ1) is 12.2. The molecule has 92 valence electrons. The van der Waals surface area contributed by atoms with Gasteiger partial charge in [0.05, 0.1) is 10.2 Å². The molecule has 0 bridgehead atoms. The van der Waals surface area contributed by atoms with Crippen LogP contribution >= 0.6 is 11.3 Å². The summed E-state index contributed by atoms with van der Waals surface area (Å²) in [6.45, 7) is 7.14. The van der Waals surface area contributed by atoms with Gasteiger partial charge in [-0.05, 0) is 31.4 Å². The fourth-order valence-corrected chi connectivity index (χ4v) is 2.93.